The zero-order valence-electron chi connectivity index (χ0n) is 65.1. The minimum atomic E-state index is -4.45. The summed E-state index contributed by atoms with van der Waals surface area (Å²) in [6, 6.07) is 50.7. The van der Waals surface area contributed by atoms with E-state index in [0.717, 1.165) is 164 Å². The molecule has 2 unspecified atom stereocenters. The molecule has 13 nitrogen and oxygen atoms in total. The standard InChI is InChI=1S/C93H91F7N4O9/c1-11-14-24-61(12-2)51-103-79-39-35-65(84(101-112-59(9)105)72-31-22-23-32-81(72)110-42-41-93(98,99)100)47-73(79)75-49-78(69-28-19-20-29-70(69)86(75)103)90(109)83-57(7)45-63(46-58(83)8)26-17-15-16-25-62(13-3)52-104-80-40-36-66(88(107)85(102-113-60(10)106)64-33-37-67(38-34-64)111-53-92(96,97)91(94)95)48-74(80)76-50-77(68-27-18-21-30-71(68)87(76)104)89(108)82-55(5)43-54(4)44-56(82)6/h18-23,27-40,43-50,61-62,91H,11-17,24-26,41-42,51-53H2,1-10H3/b101-84-,102-85+. The number of halogens is 7. The van der Waals surface area contributed by atoms with Crippen LogP contribution in [-0.2, 0) is 38.8 Å². The van der Waals surface area contributed by atoms with Crippen LogP contribution in [0.4, 0.5) is 30.7 Å². The third-order valence-corrected chi connectivity index (χ3v) is 21.5. The zero-order valence-corrected chi connectivity index (χ0v) is 65.1. The maximum absolute atomic E-state index is 15.7. The first-order valence-corrected chi connectivity index (χ1v) is 38.5. The summed E-state index contributed by atoms with van der Waals surface area (Å²) >= 11 is 0. The molecule has 0 spiro atoms. The van der Waals surface area contributed by atoms with Crippen LogP contribution in [0.1, 0.15) is 191 Å². The highest BCUT2D eigenvalue weighted by atomic mass is 19.4. The minimum absolute atomic E-state index is 0.112. The van der Waals surface area contributed by atoms with E-state index in [1.54, 1.807) is 36.4 Å². The maximum atomic E-state index is 15.7. The number of carbonyl (C=O) groups is 5. The summed E-state index contributed by atoms with van der Waals surface area (Å²) in [6.07, 6.45) is -0.322. The Labute approximate surface area is 651 Å². The number of para-hydroxylation sites is 1. The van der Waals surface area contributed by atoms with Gasteiger partial charge in [0.25, 0.3) is 0 Å². The number of aromatic nitrogens is 2. The molecule has 0 bridgehead atoms. The molecular weight excluding hydrogens is 1450 g/mol. The predicted molar refractivity (Wildman–Crippen MR) is 432 cm³/mol. The van der Waals surface area contributed by atoms with Crippen LogP contribution >= 0.6 is 0 Å². The number of nitrogens with zero attached hydrogens (tertiary/aromatic N) is 4. The molecule has 0 aliphatic heterocycles. The van der Waals surface area contributed by atoms with E-state index in [0.29, 0.717) is 57.8 Å². The van der Waals surface area contributed by atoms with E-state index < -0.39 is 55.9 Å². The van der Waals surface area contributed by atoms with Crippen molar-refractivity contribution in [2.24, 2.45) is 22.1 Å². The van der Waals surface area contributed by atoms with Gasteiger partial charge in [-0.25, -0.2) is 18.4 Å². The number of carbonyl (C=O) groups excluding carboxylic acids is 5. The minimum Gasteiger partial charge on any atom is -0.493 e. The molecule has 12 rings (SSSR count). The fourth-order valence-corrected chi connectivity index (χ4v) is 16.0. The van der Waals surface area contributed by atoms with Crippen molar-refractivity contribution >= 4 is 106 Å². The van der Waals surface area contributed by atoms with E-state index >= 15 is 9.59 Å². The van der Waals surface area contributed by atoms with Crippen LogP contribution in [0.2, 0.25) is 0 Å². The van der Waals surface area contributed by atoms with E-state index in [1.807, 2.05) is 126 Å². The molecule has 20 heteroatoms. The Balaban J connectivity index is 0.833. The summed E-state index contributed by atoms with van der Waals surface area (Å²) in [5.41, 5.74) is 12.2. The van der Waals surface area contributed by atoms with Gasteiger partial charge in [0.2, 0.25) is 5.78 Å². The van der Waals surface area contributed by atoms with E-state index in [4.69, 9.17) is 19.1 Å². The first-order valence-electron chi connectivity index (χ1n) is 38.5. The Morgan fingerprint density at radius 3 is 1.49 bits per heavy atom. The van der Waals surface area contributed by atoms with Crippen molar-refractivity contribution in [3.63, 3.8) is 0 Å². The van der Waals surface area contributed by atoms with Crippen LogP contribution in [0.15, 0.2) is 180 Å². The highest BCUT2D eigenvalue weighted by Gasteiger charge is 2.42. The van der Waals surface area contributed by atoms with Crippen molar-refractivity contribution in [3.05, 3.63) is 248 Å². The van der Waals surface area contributed by atoms with Crippen LogP contribution in [0.25, 0.3) is 65.2 Å². The van der Waals surface area contributed by atoms with Gasteiger partial charge in [-0.05, 0) is 190 Å². The van der Waals surface area contributed by atoms with Crippen molar-refractivity contribution in [1.29, 1.82) is 0 Å². The second-order valence-electron chi connectivity index (χ2n) is 29.7. The number of oxime groups is 2. The van der Waals surface area contributed by atoms with Gasteiger partial charge in [-0.1, -0.05) is 166 Å². The van der Waals surface area contributed by atoms with Gasteiger partial charge in [-0.15, -0.1) is 0 Å². The van der Waals surface area contributed by atoms with Crippen LogP contribution in [-0.4, -0.2) is 81.6 Å². The molecule has 0 N–H and O–H groups in total. The van der Waals surface area contributed by atoms with Gasteiger partial charge in [0.1, 0.15) is 17.2 Å². The highest BCUT2D eigenvalue weighted by Crippen LogP contribution is 2.43. The number of aryl methyl sites for hydroxylation is 6. The molecule has 0 saturated heterocycles. The Morgan fingerprint density at radius 1 is 0.478 bits per heavy atom. The molecule has 2 heterocycles. The number of alkyl halides is 7. The Hall–Kier alpha value is -11.3. The Kier molecular flexibility index (Phi) is 25.0. The molecule has 0 amide bonds. The smallest absolute Gasteiger partial charge is 0.392 e. The second-order valence-corrected chi connectivity index (χ2v) is 29.7. The summed E-state index contributed by atoms with van der Waals surface area (Å²) in [5.74, 6) is -6.43. The summed E-state index contributed by atoms with van der Waals surface area (Å²) in [5, 5.41) is 14.6. The molecular formula is C93H91F7N4O9. The number of benzene rings is 10. The monoisotopic (exact) mass is 1540 g/mol. The number of ketones is 3. The fourth-order valence-electron chi connectivity index (χ4n) is 16.0. The van der Waals surface area contributed by atoms with Gasteiger partial charge in [-0.3, -0.25) is 14.4 Å². The zero-order chi connectivity index (χ0) is 80.7. The number of rotatable bonds is 33. The first kappa shape index (κ1) is 81.2. The molecule has 0 saturated carbocycles. The van der Waals surface area contributed by atoms with E-state index in [-0.39, 0.29) is 51.5 Å². The molecule has 0 fully saturated rings. The molecule has 0 aliphatic rings. The lowest BCUT2D eigenvalue weighted by Crippen LogP contribution is -2.33. The third-order valence-electron chi connectivity index (χ3n) is 21.5. The lowest BCUT2D eigenvalue weighted by atomic mass is 9.88. The molecule has 0 radical (unpaired) electrons. The topological polar surface area (TPSA) is 157 Å². The van der Waals surface area contributed by atoms with Crippen LogP contribution in [0.5, 0.6) is 11.5 Å². The predicted octanol–water partition coefficient (Wildman–Crippen LogP) is 23.3. The molecule has 2 atom stereocenters. The van der Waals surface area contributed by atoms with E-state index in [9.17, 15) is 45.1 Å². The molecule has 12 aromatic rings. The summed E-state index contributed by atoms with van der Waals surface area (Å²) in [7, 11) is 0. The molecule has 113 heavy (non-hydrogen) atoms. The fraction of sp³-hybridized carbons (Fsp3) is 0.323. The number of fused-ring (bicyclic) bond motifs is 10. The van der Waals surface area contributed by atoms with Gasteiger partial charge < -0.3 is 28.3 Å². The van der Waals surface area contributed by atoms with Gasteiger partial charge in [0.15, 0.2) is 23.9 Å². The first-order chi connectivity index (χ1) is 54.1. The van der Waals surface area contributed by atoms with Crippen molar-refractivity contribution < 1.29 is 73.9 Å². The summed E-state index contributed by atoms with van der Waals surface area (Å²) in [6.45, 7) is 17.8. The summed E-state index contributed by atoms with van der Waals surface area (Å²) in [4.78, 5) is 80.7. The van der Waals surface area contributed by atoms with Crippen molar-refractivity contribution in [2.45, 2.75) is 171 Å². The third kappa shape index (κ3) is 17.8. The van der Waals surface area contributed by atoms with Gasteiger partial charge in [-0.2, -0.15) is 22.0 Å². The van der Waals surface area contributed by atoms with Crippen molar-refractivity contribution in [3.8, 4) is 11.5 Å². The van der Waals surface area contributed by atoms with Crippen molar-refractivity contribution in [1.82, 2.24) is 9.13 Å². The molecule has 586 valence electrons. The quantitative estimate of drug-likeness (QED) is 0.00975. The van der Waals surface area contributed by atoms with E-state index in [2.05, 4.69) is 58.4 Å². The van der Waals surface area contributed by atoms with Gasteiger partial charge in [0, 0.05) is 115 Å². The number of hydrogen-bond donors (Lipinski definition) is 0. The highest BCUT2D eigenvalue weighted by molar-refractivity contribution is 6.51. The number of ether oxygens (including phenoxy) is 2. The average Bonchev–Trinajstić information content (AvgIpc) is 1.59. The van der Waals surface area contributed by atoms with Crippen LogP contribution in [0, 0.1) is 46.5 Å². The summed E-state index contributed by atoms with van der Waals surface area (Å²) < 4.78 is 109. The Morgan fingerprint density at radius 2 is 0.965 bits per heavy atom. The SMILES string of the molecule is CCCCC(CC)Cn1c2ccc(/C(=N/OC(C)=O)c3ccccc3OCCC(F)(F)F)cc2c2cc(C(=O)c3c(C)cc(CCCCCC(CC)Cn4c5ccc(C(=O)/C(=N/OC(C)=O)c6ccc(OCC(F)(F)C(F)F)cc6)cc5c5cc(C(=O)c6c(C)cc(C)cc6C)c6ccccc6c54)cc3C)c3ccccc3c21. The molecule has 2 aromatic heterocycles. The van der Waals surface area contributed by atoms with Crippen LogP contribution < -0.4 is 9.47 Å². The number of hydrogen-bond acceptors (Lipinski definition) is 11. The second kappa shape index (κ2) is 34.8. The molecule has 0 aliphatic carbocycles. The van der Waals surface area contributed by atoms with Gasteiger partial charge in [0.05, 0.1) is 24.1 Å². The number of unbranched alkanes of at least 4 members (excludes halogenated alkanes) is 3. The van der Waals surface area contributed by atoms with Crippen LogP contribution in [0.3, 0.4) is 0 Å². The molecule has 10 aromatic carbocycles. The van der Waals surface area contributed by atoms with E-state index in [1.165, 1.54) is 31.2 Å². The average molecular weight is 1540 g/mol. The Bertz CT molecular complexity index is 5670. The lowest BCUT2D eigenvalue weighted by Gasteiger charge is -2.19. The lowest BCUT2D eigenvalue weighted by molar-refractivity contribution is -0.148. The van der Waals surface area contributed by atoms with Gasteiger partial charge >= 0.3 is 30.5 Å². The number of Topliss-reactive ketones (excluding diaryl/α,β-unsaturated/α-hetero) is 1. The largest absolute Gasteiger partial charge is 0.493 e. The van der Waals surface area contributed by atoms with Crippen molar-refractivity contribution in [2.75, 3.05) is 13.2 Å². The maximum Gasteiger partial charge on any atom is 0.392 e. The normalized spacial score (nSPS) is 12.9.